The number of Topliss-reactive ketones (excluding diaryl/α,β-unsaturated/α-hetero) is 1. The summed E-state index contributed by atoms with van der Waals surface area (Å²) in [5.74, 6) is -0.526. The Bertz CT molecular complexity index is 537. The molecule has 0 radical (unpaired) electrons. The number of halogens is 2. The van der Waals surface area contributed by atoms with Crippen molar-refractivity contribution in [3.63, 3.8) is 0 Å². The third kappa shape index (κ3) is 3.08. The molecule has 0 spiro atoms. The van der Waals surface area contributed by atoms with Crippen molar-refractivity contribution in [3.8, 4) is 0 Å². The molecular weight excluding hydrogens is 419 g/mol. The van der Waals surface area contributed by atoms with Gasteiger partial charge in [-0.25, -0.2) is 8.42 Å². The van der Waals surface area contributed by atoms with E-state index in [-0.39, 0.29) is 5.75 Å². The number of aryl methyl sites for hydroxylation is 1. The molecule has 0 aliphatic rings. The summed E-state index contributed by atoms with van der Waals surface area (Å²) in [5, 5.41) is 0. The number of benzene rings is 1. The van der Waals surface area contributed by atoms with Crippen molar-refractivity contribution in [1.82, 2.24) is 0 Å². The summed E-state index contributed by atoms with van der Waals surface area (Å²) in [6.45, 7) is 3.38. The largest absolute Gasteiger partial charge is 0.290 e. The molecule has 94 valence electrons. The standard InChI is InChI=1S/C11H12BrIO3S/c1-3-17(15,16)11(12,13)10(14)9-6-4-5-8(2)7-9/h4-7H,3H2,1-2H3. The van der Waals surface area contributed by atoms with Crippen LogP contribution in [0.1, 0.15) is 22.8 Å². The van der Waals surface area contributed by atoms with Crippen molar-refractivity contribution in [2.24, 2.45) is 0 Å². The number of hydrogen-bond donors (Lipinski definition) is 0. The first kappa shape index (κ1) is 15.1. The molecule has 1 rings (SSSR count). The fourth-order valence-electron chi connectivity index (χ4n) is 1.28. The smallest absolute Gasteiger partial charge is 0.239 e. The van der Waals surface area contributed by atoms with Crippen LogP contribution >= 0.6 is 38.5 Å². The third-order valence-electron chi connectivity index (χ3n) is 2.32. The molecule has 0 amide bonds. The second kappa shape index (κ2) is 5.36. The molecule has 0 saturated carbocycles. The van der Waals surface area contributed by atoms with Gasteiger partial charge in [-0.3, -0.25) is 4.79 Å². The zero-order chi connectivity index (χ0) is 13.3. The maximum absolute atomic E-state index is 12.2. The van der Waals surface area contributed by atoms with E-state index in [1.54, 1.807) is 40.8 Å². The number of sulfone groups is 1. The molecule has 1 aromatic rings. The topological polar surface area (TPSA) is 51.2 Å². The lowest BCUT2D eigenvalue weighted by Crippen LogP contribution is -2.35. The lowest BCUT2D eigenvalue weighted by atomic mass is 10.1. The lowest BCUT2D eigenvalue weighted by Gasteiger charge is -2.18. The first-order valence-electron chi connectivity index (χ1n) is 4.94. The molecule has 6 heteroatoms. The highest BCUT2D eigenvalue weighted by Gasteiger charge is 2.45. The summed E-state index contributed by atoms with van der Waals surface area (Å²) in [6, 6.07) is 6.90. The summed E-state index contributed by atoms with van der Waals surface area (Å²) in [4.78, 5) is 12.2. The van der Waals surface area contributed by atoms with Crippen LogP contribution in [-0.4, -0.2) is 21.6 Å². The Balaban J connectivity index is 3.23. The van der Waals surface area contributed by atoms with Gasteiger partial charge in [0.1, 0.15) is 0 Å². The van der Waals surface area contributed by atoms with Crippen LogP contribution in [-0.2, 0) is 9.84 Å². The third-order valence-corrected chi connectivity index (χ3v) is 8.38. The molecule has 0 heterocycles. The summed E-state index contributed by atoms with van der Waals surface area (Å²) < 4.78 is 22.1. The minimum atomic E-state index is -3.50. The van der Waals surface area contributed by atoms with E-state index in [1.807, 2.05) is 13.0 Å². The Kier molecular flexibility index (Phi) is 4.76. The van der Waals surface area contributed by atoms with Gasteiger partial charge in [0.25, 0.3) is 0 Å². The Morgan fingerprint density at radius 2 is 2.06 bits per heavy atom. The van der Waals surface area contributed by atoms with Crippen LogP contribution in [0.15, 0.2) is 24.3 Å². The van der Waals surface area contributed by atoms with E-state index >= 15 is 0 Å². The molecule has 1 atom stereocenters. The predicted molar refractivity (Wildman–Crippen MR) is 80.6 cm³/mol. The van der Waals surface area contributed by atoms with Crippen molar-refractivity contribution in [2.75, 3.05) is 5.75 Å². The van der Waals surface area contributed by atoms with Gasteiger partial charge < -0.3 is 0 Å². The summed E-state index contributed by atoms with van der Waals surface area (Å²) in [7, 11) is -3.50. The second-order valence-corrected chi connectivity index (χ2v) is 11.6. The summed E-state index contributed by atoms with van der Waals surface area (Å²) in [6.07, 6.45) is 0. The zero-order valence-corrected chi connectivity index (χ0v) is 14.0. The summed E-state index contributed by atoms with van der Waals surface area (Å²) in [5.41, 5.74) is 1.32. The van der Waals surface area contributed by atoms with Crippen molar-refractivity contribution >= 4 is 54.1 Å². The van der Waals surface area contributed by atoms with Gasteiger partial charge >= 0.3 is 0 Å². The van der Waals surface area contributed by atoms with Gasteiger partial charge in [0.05, 0.1) is 5.75 Å². The Hall–Kier alpha value is 0.0500. The monoisotopic (exact) mass is 430 g/mol. The number of alkyl halides is 2. The van der Waals surface area contributed by atoms with Crippen LogP contribution in [0.5, 0.6) is 0 Å². The zero-order valence-electron chi connectivity index (χ0n) is 9.41. The van der Waals surface area contributed by atoms with E-state index in [1.165, 1.54) is 6.92 Å². The molecule has 3 nitrogen and oxygen atoms in total. The highest BCUT2D eigenvalue weighted by Crippen LogP contribution is 2.37. The second-order valence-electron chi connectivity index (χ2n) is 3.62. The van der Waals surface area contributed by atoms with Crippen LogP contribution < -0.4 is 0 Å². The first-order valence-corrected chi connectivity index (χ1v) is 8.46. The maximum atomic E-state index is 12.2. The highest BCUT2D eigenvalue weighted by atomic mass is 127. The number of ketones is 1. The molecule has 0 fully saturated rings. The van der Waals surface area contributed by atoms with E-state index in [4.69, 9.17) is 0 Å². The SMILES string of the molecule is CCS(=O)(=O)C(Br)(I)C(=O)c1cccc(C)c1. The minimum absolute atomic E-state index is 0.0846. The van der Waals surface area contributed by atoms with Gasteiger partial charge in [-0.05, 0) is 51.5 Å². The molecule has 0 N–H and O–H groups in total. The molecular formula is C11H12BrIO3S. The van der Waals surface area contributed by atoms with E-state index in [0.29, 0.717) is 5.56 Å². The number of rotatable bonds is 4. The lowest BCUT2D eigenvalue weighted by molar-refractivity contribution is 0.101. The van der Waals surface area contributed by atoms with Crippen molar-refractivity contribution in [3.05, 3.63) is 35.4 Å². The van der Waals surface area contributed by atoms with Gasteiger partial charge in [0.15, 0.2) is 9.84 Å². The van der Waals surface area contributed by atoms with E-state index in [0.717, 1.165) is 5.56 Å². The van der Waals surface area contributed by atoms with Crippen LogP contribution in [0.2, 0.25) is 0 Å². The highest BCUT2D eigenvalue weighted by molar-refractivity contribution is 14.1. The maximum Gasteiger partial charge on any atom is 0.239 e. The van der Waals surface area contributed by atoms with Crippen LogP contribution in [0, 0.1) is 6.92 Å². The predicted octanol–water partition coefficient (Wildman–Crippen LogP) is 3.10. The molecule has 0 aliphatic heterocycles. The van der Waals surface area contributed by atoms with E-state index in [2.05, 4.69) is 15.9 Å². The van der Waals surface area contributed by atoms with Crippen molar-refractivity contribution in [1.29, 1.82) is 0 Å². The van der Waals surface area contributed by atoms with Crippen LogP contribution in [0.25, 0.3) is 0 Å². The minimum Gasteiger partial charge on any atom is -0.290 e. The Morgan fingerprint density at radius 3 is 2.53 bits per heavy atom. The fraction of sp³-hybridized carbons (Fsp3) is 0.364. The Morgan fingerprint density at radius 1 is 1.47 bits per heavy atom. The van der Waals surface area contributed by atoms with Gasteiger partial charge in [-0.15, -0.1) is 0 Å². The number of carbonyl (C=O) groups is 1. The van der Waals surface area contributed by atoms with Gasteiger partial charge in [0.2, 0.25) is 7.45 Å². The number of carbonyl (C=O) groups excluding carboxylic acids is 1. The van der Waals surface area contributed by atoms with E-state index in [9.17, 15) is 13.2 Å². The normalized spacial score (nSPS) is 15.3. The van der Waals surface area contributed by atoms with E-state index < -0.39 is 17.3 Å². The fourth-order valence-corrected chi connectivity index (χ4v) is 4.20. The molecule has 1 unspecified atom stereocenters. The molecule has 17 heavy (non-hydrogen) atoms. The summed E-state index contributed by atoms with van der Waals surface area (Å²) >= 11 is 4.68. The molecule has 1 aromatic carbocycles. The number of hydrogen-bond acceptors (Lipinski definition) is 3. The van der Waals surface area contributed by atoms with Crippen molar-refractivity contribution < 1.29 is 13.2 Å². The molecule has 0 bridgehead atoms. The van der Waals surface area contributed by atoms with Crippen LogP contribution in [0.3, 0.4) is 0 Å². The molecule has 0 saturated heterocycles. The van der Waals surface area contributed by atoms with Crippen LogP contribution in [0.4, 0.5) is 0 Å². The molecule has 0 aromatic heterocycles. The first-order chi connectivity index (χ1) is 7.72. The average molecular weight is 431 g/mol. The quantitative estimate of drug-likeness (QED) is 0.419. The van der Waals surface area contributed by atoms with Gasteiger partial charge in [-0.2, -0.15) is 0 Å². The molecule has 0 aliphatic carbocycles. The Labute approximate surface area is 123 Å². The van der Waals surface area contributed by atoms with Gasteiger partial charge in [0, 0.05) is 5.56 Å². The average Bonchev–Trinajstić information content (AvgIpc) is 2.27. The van der Waals surface area contributed by atoms with Crippen molar-refractivity contribution in [2.45, 2.75) is 15.5 Å². The van der Waals surface area contributed by atoms with Gasteiger partial charge in [-0.1, -0.05) is 30.7 Å².